The molecule has 0 N–H and O–H groups in total. The second-order valence-electron chi connectivity index (χ2n) is 7.60. The van der Waals surface area contributed by atoms with Crippen LogP contribution in [0.3, 0.4) is 0 Å². The van der Waals surface area contributed by atoms with Crippen LogP contribution in [0.5, 0.6) is 0 Å². The maximum absolute atomic E-state index is 13.5. The molecule has 1 aromatic rings. The first-order valence-corrected chi connectivity index (χ1v) is 10.7. The molecular weight excluding hydrogens is 373 g/mol. The van der Waals surface area contributed by atoms with Crippen LogP contribution in [0.2, 0.25) is 0 Å². The van der Waals surface area contributed by atoms with Crippen LogP contribution in [-0.2, 0) is 4.74 Å². The van der Waals surface area contributed by atoms with Gasteiger partial charge in [0.1, 0.15) is 5.83 Å². The molecule has 0 amide bonds. The molecule has 1 aromatic carbocycles. The first-order chi connectivity index (χ1) is 13.7. The van der Waals surface area contributed by atoms with Crippen LogP contribution in [0.15, 0.2) is 57.8 Å². The smallest absolute Gasteiger partial charge is 0.106 e. The summed E-state index contributed by atoms with van der Waals surface area (Å²) in [6, 6.07) is 7.06. The van der Waals surface area contributed by atoms with Crippen molar-refractivity contribution in [2.75, 3.05) is 39.4 Å². The fraction of sp³-hybridized carbons (Fsp3) is 0.409. The Morgan fingerprint density at radius 3 is 2.89 bits per heavy atom. The quantitative estimate of drug-likeness (QED) is 0.705. The molecule has 1 aliphatic carbocycles. The first-order valence-electron chi connectivity index (χ1n) is 9.92. The predicted octanol–water partition coefficient (Wildman–Crippen LogP) is 4.38. The molecule has 1 fully saturated rings. The van der Waals surface area contributed by atoms with Crippen LogP contribution in [0.4, 0.5) is 4.39 Å². The van der Waals surface area contributed by atoms with E-state index in [1.54, 1.807) is 6.08 Å². The van der Waals surface area contributed by atoms with E-state index in [9.17, 15) is 4.39 Å². The van der Waals surface area contributed by atoms with Crippen molar-refractivity contribution in [3.8, 4) is 0 Å². The van der Waals surface area contributed by atoms with Crippen molar-refractivity contribution in [1.82, 2.24) is 9.21 Å². The number of ether oxygens (including phenoxy) is 1. The lowest BCUT2D eigenvalue weighted by atomic mass is 9.91. The summed E-state index contributed by atoms with van der Waals surface area (Å²) in [7, 11) is 0. The van der Waals surface area contributed by atoms with Crippen LogP contribution in [0.25, 0.3) is 5.57 Å². The Balaban J connectivity index is 1.31. The molecule has 0 spiro atoms. The molecular formula is C22H24FN3OS. The third-order valence-electron chi connectivity index (χ3n) is 5.88. The van der Waals surface area contributed by atoms with E-state index in [1.807, 2.05) is 24.2 Å². The lowest BCUT2D eigenvalue weighted by molar-refractivity contribution is 0.0359. The summed E-state index contributed by atoms with van der Waals surface area (Å²) in [5, 5.41) is 0. The Morgan fingerprint density at radius 1 is 1.18 bits per heavy atom. The Labute approximate surface area is 169 Å². The summed E-state index contributed by atoms with van der Waals surface area (Å²) in [6.07, 6.45) is 5.61. The van der Waals surface area contributed by atoms with Crippen LogP contribution >= 0.6 is 11.9 Å². The fourth-order valence-electron chi connectivity index (χ4n) is 4.18. The normalized spacial score (nSPS) is 25.0. The summed E-state index contributed by atoms with van der Waals surface area (Å²) in [6.45, 7) is 8.16. The second kappa shape index (κ2) is 7.59. The van der Waals surface area contributed by atoms with Crippen LogP contribution in [0, 0.1) is 0 Å². The monoisotopic (exact) mass is 397 g/mol. The molecule has 3 heterocycles. The maximum atomic E-state index is 13.5. The average molecular weight is 398 g/mol. The van der Waals surface area contributed by atoms with Crippen LogP contribution < -0.4 is 0 Å². The zero-order valence-corrected chi connectivity index (χ0v) is 16.8. The highest BCUT2D eigenvalue weighted by Gasteiger charge is 2.30. The van der Waals surface area contributed by atoms with E-state index in [1.165, 1.54) is 16.0 Å². The van der Waals surface area contributed by atoms with Gasteiger partial charge in [-0.15, -0.1) is 0 Å². The van der Waals surface area contributed by atoms with Gasteiger partial charge in [0, 0.05) is 60.9 Å². The van der Waals surface area contributed by atoms with Gasteiger partial charge in [-0.1, -0.05) is 6.07 Å². The molecule has 146 valence electrons. The zero-order valence-electron chi connectivity index (χ0n) is 16.0. The number of hydrogen-bond acceptors (Lipinski definition) is 5. The van der Waals surface area contributed by atoms with Gasteiger partial charge in [0.2, 0.25) is 0 Å². The SMILES string of the molecule is CC1c2cc(C3=CN=C4CC(F)=CC=C34)ccc2SN1CCN1CCOCC1. The lowest BCUT2D eigenvalue weighted by Crippen LogP contribution is -2.40. The number of fused-ring (bicyclic) bond motifs is 2. The molecule has 3 aliphatic heterocycles. The molecule has 0 bridgehead atoms. The Morgan fingerprint density at radius 2 is 2.04 bits per heavy atom. The van der Waals surface area contributed by atoms with E-state index in [-0.39, 0.29) is 5.83 Å². The second-order valence-corrected chi connectivity index (χ2v) is 8.70. The van der Waals surface area contributed by atoms with E-state index < -0.39 is 0 Å². The Bertz CT molecular complexity index is 914. The van der Waals surface area contributed by atoms with Crippen molar-refractivity contribution in [3.05, 3.63) is 59.1 Å². The summed E-state index contributed by atoms with van der Waals surface area (Å²) in [5.41, 5.74) is 5.54. The van der Waals surface area contributed by atoms with Crippen molar-refractivity contribution in [2.24, 2.45) is 4.99 Å². The van der Waals surface area contributed by atoms with Gasteiger partial charge in [-0.3, -0.25) is 9.89 Å². The van der Waals surface area contributed by atoms with Gasteiger partial charge < -0.3 is 4.74 Å². The molecule has 1 atom stereocenters. The van der Waals surface area contributed by atoms with E-state index in [2.05, 4.69) is 39.3 Å². The average Bonchev–Trinajstić information content (AvgIpc) is 3.27. The lowest BCUT2D eigenvalue weighted by Gasteiger charge is -2.29. The standard InChI is InChI=1S/C22H24FN3OS/c1-15-19-12-16(20-14-24-21-13-17(23)3-4-18(20)21)2-5-22(19)28-26(15)7-6-25-8-10-27-11-9-25/h2-5,12,14-15H,6-11,13H2,1H3. The van der Waals surface area contributed by atoms with Gasteiger partial charge in [0.15, 0.2) is 0 Å². The number of benzene rings is 1. The number of aliphatic imine (C=N–C) groups is 1. The molecule has 1 unspecified atom stereocenters. The minimum Gasteiger partial charge on any atom is -0.379 e. The molecule has 4 aliphatic rings. The first kappa shape index (κ1) is 18.3. The van der Waals surface area contributed by atoms with E-state index >= 15 is 0 Å². The van der Waals surface area contributed by atoms with Gasteiger partial charge in [-0.2, -0.15) is 0 Å². The topological polar surface area (TPSA) is 28.1 Å². The van der Waals surface area contributed by atoms with Gasteiger partial charge in [-0.05, 0) is 54.3 Å². The molecule has 0 saturated carbocycles. The minimum absolute atomic E-state index is 0.118. The Hall–Kier alpha value is -1.73. The highest BCUT2D eigenvalue weighted by atomic mass is 32.2. The minimum atomic E-state index is -0.118. The van der Waals surface area contributed by atoms with Crippen molar-refractivity contribution >= 4 is 23.2 Å². The summed E-state index contributed by atoms with van der Waals surface area (Å²) in [5.74, 6) is -0.118. The van der Waals surface area contributed by atoms with Crippen molar-refractivity contribution < 1.29 is 9.13 Å². The van der Waals surface area contributed by atoms with Gasteiger partial charge in [0.25, 0.3) is 0 Å². The zero-order chi connectivity index (χ0) is 19.1. The maximum Gasteiger partial charge on any atom is 0.106 e. The Kier molecular flexibility index (Phi) is 4.97. The van der Waals surface area contributed by atoms with Crippen molar-refractivity contribution in [3.63, 3.8) is 0 Å². The number of morpholine rings is 1. The summed E-state index contributed by atoms with van der Waals surface area (Å²) < 4.78 is 21.5. The molecule has 4 nitrogen and oxygen atoms in total. The van der Waals surface area contributed by atoms with Gasteiger partial charge in [0.05, 0.1) is 18.9 Å². The molecule has 0 radical (unpaired) electrons. The van der Waals surface area contributed by atoms with Crippen LogP contribution in [-0.4, -0.2) is 54.3 Å². The number of halogens is 1. The molecule has 5 rings (SSSR count). The summed E-state index contributed by atoms with van der Waals surface area (Å²) in [4.78, 5) is 8.27. The van der Waals surface area contributed by atoms with E-state index in [4.69, 9.17) is 4.74 Å². The number of allylic oxidation sites excluding steroid dienone is 5. The molecule has 6 heteroatoms. The number of nitrogens with zero attached hydrogens (tertiary/aromatic N) is 3. The summed E-state index contributed by atoms with van der Waals surface area (Å²) >= 11 is 1.86. The molecule has 0 aromatic heterocycles. The van der Waals surface area contributed by atoms with E-state index in [0.29, 0.717) is 12.5 Å². The highest BCUT2D eigenvalue weighted by molar-refractivity contribution is 7.97. The van der Waals surface area contributed by atoms with Crippen molar-refractivity contribution in [1.29, 1.82) is 0 Å². The predicted molar refractivity (Wildman–Crippen MR) is 112 cm³/mol. The number of rotatable bonds is 4. The van der Waals surface area contributed by atoms with Crippen molar-refractivity contribution in [2.45, 2.75) is 24.3 Å². The number of hydrogen-bond donors (Lipinski definition) is 0. The largest absolute Gasteiger partial charge is 0.379 e. The van der Waals surface area contributed by atoms with Gasteiger partial charge >= 0.3 is 0 Å². The molecule has 1 saturated heterocycles. The molecule has 28 heavy (non-hydrogen) atoms. The van der Waals surface area contributed by atoms with E-state index in [0.717, 1.165) is 56.3 Å². The third-order valence-corrected chi connectivity index (χ3v) is 7.18. The fourth-order valence-corrected chi connectivity index (χ4v) is 5.34. The van der Waals surface area contributed by atoms with Crippen LogP contribution in [0.1, 0.15) is 30.5 Å². The third kappa shape index (κ3) is 3.39. The van der Waals surface area contributed by atoms with Gasteiger partial charge in [-0.25, -0.2) is 8.70 Å². The highest BCUT2D eigenvalue weighted by Crippen LogP contribution is 2.45.